The summed E-state index contributed by atoms with van der Waals surface area (Å²) in [6.45, 7) is 2.48. The number of hydrogen-bond acceptors (Lipinski definition) is 6. The summed E-state index contributed by atoms with van der Waals surface area (Å²) in [5, 5.41) is 3.42. The second kappa shape index (κ2) is 7.98. The molecule has 0 aromatic heterocycles. The molecule has 0 bridgehead atoms. The molecule has 0 aliphatic carbocycles. The molecule has 0 fully saturated rings. The van der Waals surface area contributed by atoms with Crippen molar-refractivity contribution in [3.8, 4) is 28.7 Å². The number of fused-ring (bicyclic) bond motifs is 1. The SMILES string of the molecule is COc1ccc(CNCc2cc(OC)c3c(c2)OCCO3)cc1OC. The van der Waals surface area contributed by atoms with Gasteiger partial charge in [-0.1, -0.05) is 6.07 Å². The standard InChI is InChI=1S/C19H23NO5/c1-21-15-5-4-13(8-16(15)22-2)11-20-12-14-9-17(23-3)19-18(10-14)24-6-7-25-19/h4-5,8-10,20H,6-7,11-12H2,1-3H3. The first kappa shape index (κ1) is 17.2. The first-order valence-electron chi connectivity index (χ1n) is 8.13. The fraction of sp³-hybridized carbons (Fsp3) is 0.368. The molecular formula is C19H23NO5. The third kappa shape index (κ3) is 3.91. The number of hydrogen-bond donors (Lipinski definition) is 1. The van der Waals surface area contributed by atoms with Crippen LogP contribution in [0.5, 0.6) is 28.7 Å². The monoisotopic (exact) mass is 345 g/mol. The van der Waals surface area contributed by atoms with Crippen molar-refractivity contribution in [3.05, 3.63) is 41.5 Å². The van der Waals surface area contributed by atoms with Gasteiger partial charge in [0.15, 0.2) is 23.0 Å². The van der Waals surface area contributed by atoms with Crippen LogP contribution in [0.1, 0.15) is 11.1 Å². The Morgan fingerprint density at radius 3 is 2.24 bits per heavy atom. The van der Waals surface area contributed by atoms with Gasteiger partial charge in [0, 0.05) is 13.1 Å². The smallest absolute Gasteiger partial charge is 0.203 e. The highest BCUT2D eigenvalue weighted by Crippen LogP contribution is 2.40. The molecule has 0 saturated carbocycles. The molecule has 2 aromatic carbocycles. The average Bonchev–Trinajstić information content (AvgIpc) is 2.67. The van der Waals surface area contributed by atoms with E-state index in [1.807, 2.05) is 30.3 Å². The second-order valence-corrected chi connectivity index (χ2v) is 5.62. The zero-order valence-corrected chi connectivity index (χ0v) is 14.8. The van der Waals surface area contributed by atoms with E-state index in [-0.39, 0.29) is 0 Å². The summed E-state index contributed by atoms with van der Waals surface area (Å²) in [6.07, 6.45) is 0. The van der Waals surface area contributed by atoms with Crippen molar-refractivity contribution in [1.82, 2.24) is 5.32 Å². The first-order chi connectivity index (χ1) is 12.2. The molecular weight excluding hydrogens is 322 g/mol. The summed E-state index contributed by atoms with van der Waals surface area (Å²) in [5.74, 6) is 3.55. The van der Waals surface area contributed by atoms with Crippen LogP contribution in [0.3, 0.4) is 0 Å². The van der Waals surface area contributed by atoms with Crippen LogP contribution >= 0.6 is 0 Å². The van der Waals surface area contributed by atoms with Crippen LogP contribution in [0.25, 0.3) is 0 Å². The Hall–Kier alpha value is -2.60. The Kier molecular flexibility index (Phi) is 5.50. The third-order valence-corrected chi connectivity index (χ3v) is 3.99. The lowest BCUT2D eigenvalue weighted by Crippen LogP contribution is -2.17. The van der Waals surface area contributed by atoms with Crippen LogP contribution in [0.4, 0.5) is 0 Å². The van der Waals surface area contributed by atoms with Crippen LogP contribution in [0.2, 0.25) is 0 Å². The number of benzene rings is 2. The number of rotatable bonds is 7. The van der Waals surface area contributed by atoms with Gasteiger partial charge in [-0.3, -0.25) is 0 Å². The van der Waals surface area contributed by atoms with Gasteiger partial charge in [0.1, 0.15) is 13.2 Å². The zero-order chi connectivity index (χ0) is 17.6. The van der Waals surface area contributed by atoms with Crippen LogP contribution in [0, 0.1) is 0 Å². The minimum atomic E-state index is 0.542. The molecule has 6 heteroatoms. The molecule has 2 aromatic rings. The summed E-state index contributed by atoms with van der Waals surface area (Å²) in [7, 11) is 4.90. The summed E-state index contributed by atoms with van der Waals surface area (Å²) in [4.78, 5) is 0. The summed E-state index contributed by atoms with van der Waals surface area (Å²) < 4.78 is 27.3. The molecule has 1 aliphatic rings. The largest absolute Gasteiger partial charge is 0.493 e. The zero-order valence-electron chi connectivity index (χ0n) is 14.8. The van der Waals surface area contributed by atoms with Gasteiger partial charge < -0.3 is 29.0 Å². The quantitative estimate of drug-likeness (QED) is 0.833. The molecule has 6 nitrogen and oxygen atoms in total. The molecule has 0 amide bonds. The van der Waals surface area contributed by atoms with Crippen molar-refractivity contribution < 1.29 is 23.7 Å². The fourth-order valence-corrected chi connectivity index (χ4v) is 2.77. The molecule has 0 unspecified atom stereocenters. The van der Waals surface area contributed by atoms with Crippen LogP contribution in [-0.2, 0) is 13.1 Å². The Bertz CT molecular complexity index is 715. The normalized spacial score (nSPS) is 12.6. The van der Waals surface area contributed by atoms with E-state index >= 15 is 0 Å². The third-order valence-electron chi connectivity index (χ3n) is 3.99. The molecule has 0 saturated heterocycles. The number of methoxy groups -OCH3 is 3. The van der Waals surface area contributed by atoms with E-state index in [1.165, 1.54) is 0 Å². The first-order valence-corrected chi connectivity index (χ1v) is 8.13. The van der Waals surface area contributed by atoms with Crippen molar-refractivity contribution in [2.24, 2.45) is 0 Å². The van der Waals surface area contributed by atoms with E-state index in [0.717, 1.165) is 28.4 Å². The van der Waals surface area contributed by atoms with Crippen LogP contribution in [0.15, 0.2) is 30.3 Å². The van der Waals surface area contributed by atoms with Gasteiger partial charge in [-0.2, -0.15) is 0 Å². The van der Waals surface area contributed by atoms with Gasteiger partial charge in [-0.05, 0) is 35.4 Å². The van der Waals surface area contributed by atoms with Crippen molar-refractivity contribution in [2.45, 2.75) is 13.1 Å². The van der Waals surface area contributed by atoms with Gasteiger partial charge in [0.25, 0.3) is 0 Å². The summed E-state index contributed by atoms with van der Waals surface area (Å²) in [6, 6.07) is 9.84. The minimum absolute atomic E-state index is 0.542. The van der Waals surface area contributed by atoms with Crippen molar-refractivity contribution in [1.29, 1.82) is 0 Å². The van der Waals surface area contributed by atoms with Gasteiger partial charge in [0.2, 0.25) is 5.75 Å². The predicted octanol–water partition coefficient (Wildman–Crippen LogP) is 2.77. The Morgan fingerprint density at radius 2 is 1.48 bits per heavy atom. The highest BCUT2D eigenvalue weighted by Gasteiger charge is 2.18. The van der Waals surface area contributed by atoms with Gasteiger partial charge in [-0.15, -0.1) is 0 Å². The van der Waals surface area contributed by atoms with Crippen LogP contribution in [-0.4, -0.2) is 34.5 Å². The molecule has 25 heavy (non-hydrogen) atoms. The predicted molar refractivity (Wildman–Crippen MR) is 94.1 cm³/mol. The summed E-state index contributed by atoms with van der Waals surface area (Å²) in [5.41, 5.74) is 2.18. The maximum Gasteiger partial charge on any atom is 0.203 e. The lowest BCUT2D eigenvalue weighted by atomic mass is 10.1. The highest BCUT2D eigenvalue weighted by molar-refractivity contribution is 5.54. The molecule has 1 N–H and O–H groups in total. The number of ether oxygens (including phenoxy) is 5. The van der Waals surface area contributed by atoms with Crippen molar-refractivity contribution in [3.63, 3.8) is 0 Å². The Morgan fingerprint density at radius 1 is 0.800 bits per heavy atom. The molecule has 1 aliphatic heterocycles. The molecule has 3 rings (SSSR count). The van der Waals surface area contributed by atoms with Gasteiger partial charge >= 0.3 is 0 Å². The van der Waals surface area contributed by atoms with Crippen molar-refractivity contribution in [2.75, 3.05) is 34.5 Å². The number of nitrogens with one attached hydrogen (secondary N) is 1. The topological polar surface area (TPSA) is 58.2 Å². The summed E-state index contributed by atoms with van der Waals surface area (Å²) >= 11 is 0. The lowest BCUT2D eigenvalue weighted by Gasteiger charge is -2.21. The molecule has 0 spiro atoms. The molecule has 0 atom stereocenters. The Labute approximate surface area is 147 Å². The van der Waals surface area contributed by atoms with E-state index in [1.54, 1.807) is 21.3 Å². The minimum Gasteiger partial charge on any atom is -0.493 e. The van der Waals surface area contributed by atoms with Gasteiger partial charge in [0.05, 0.1) is 21.3 Å². The highest BCUT2D eigenvalue weighted by atomic mass is 16.6. The maximum atomic E-state index is 5.66. The molecule has 134 valence electrons. The van der Waals surface area contributed by atoms with E-state index < -0.39 is 0 Å². The molecule has 0 radical (unpaired) electrons. The van der Waals surface area contributed by atoms with E-state index in [0.29, 0.717) is 37.8 Å². The van der Waals surface area contributed by atoms with E-state index in [4.69, 9.17) is 23.7 Å². The van der Waals surface area contributed by atoms with Crippen LogP contribution < -0.4 is 29.0 Å². The fourth-order valence-electron chi connectivity index (χ4n) is 2.77. The van der Waals surface area contributed by atoms with Crippen molar-refractivity contribution >= 4 is 0 Å². The maximum absolute atomic E-state index is 5.66. The van der Waals surface area contributed by atoms with E-state index in [9.17, 15) is 0 Å². The molecule has 1 heterocycles. The lowest BCUT2D eigenvalue weighted by molar-refractivity contribution is 0.165. The second-order valence-electron chi connectivity index (χ2n) is 5.62. The van der Waals surface area contributed by atoms with Gasteiger partial charge in [-0.25, -0.2) is 0 Å². The van der Waals surface area contributed by atoms with E-state index in [2.05, 4.69) is 5.32 Å². The average molecular weight is 345 g/mol. The Balaban J connectivity index is 1.66.